The number of aromatic nitrogens is 2. The SMILES string of the molecule is [2H]c1c([2H])c([2H])c2c([2H])c(-c3ccc4cc(N(c5ccc(-c6nc7ccccc7s6)cc5)c5ccc(-c6nc7ccccc7s6)cc5)ccc4c3)c([2H])c([2H])c2c1[2H]. The van der Waals surface area contributed by atoms with E-state index in [2.05, 4.69) is 71.6 Å². The van der Waals surface area contributed by atoms with E-state index in [9.17, 15) is 0 Å². The molecule has 0 aliphatic carbocycles. The molecule has 8 aromatic carbocycles. The number of fused-ring (bicyclic) bond motifs is 4. The second kappa shape index (κ2) is 12.3. The van der Waals surface area contributed by atoms with E-state index in [-0.39, 0.29) is 40.5 Å². The van der Waals surface area contributed by atoms with E-state index in [1.165, 1.54) is 0 Å². The predicted molar refractivity (Wildman–Crippen MR) is 219 cm³/mol. The molecule has 51 heavy (non-hydrogen) atoms. The fourth-order valence-electron chi connectivity index (χ4n) is 6.40. The summed E-state index contributed by atoms with van der Waals surface area (Å²) >= 11 is 3.33. The molecule has 0 atom stereocenters. The van der Waals surface area contributed by atoms with Crippen LogP contribution in [0.15, 0.2) is 176 Å². The van der Waals surface area contributed by atoms with E-state index >= 15 is 0 Å². The van der Waals surface area contributed by atoms with Gasteiger partial charge in [-0.3, -0.25) is 0 Å². The van der Waals surface area contributed by atoms with E-state index in [1.807, 2.05) is 60.7 Å². The molecule has 0 amide bonds. The van der Waals surface area contributed by atoms with Gasteiger partial charge in [-0.25, -0.2) is 9.97 Å². The Morgan fingerprint density at radius 2 is 0.961 bits per heavy atom. The van der Waals surface area contributed by atoms with Gasteiger partial charge >= 0.3 is 0 Å². The van der Waals surface area contributed by atoms with Crippen molar-refractivity contribution in [1.29, 1.82) is 0 Å². The van der Waals surface area contributed by atoms with E-state index in [0.29, 0.717) is 5.56 Å². The van der Waals surface area contributed by atoms with Crippen LogP contribution in [0.1, 0.15) is 9.60 Å². The molecule has 10 rings (SSSR count). The van der Waals surface area contributed by atoms with Crippen LogP contribution in [0.25, 0.3) is 74.2 Å². The summed E-state index contributed by atoms with van der Waals surface area (Å²) in [6, 6.07) is 42.3. The van der Waals surface area contributed by atoms with Crippen LogP contribution in [0.3, 0.4) is 0 Å². The summed E-state index contributed by atoms with van der Waals surface area (Å²) in [5, 5.41) is 3.50. The van der Waals surface area contributed by atoms with Crippen LogP contribution in [0, 0.1) is 0 Å². The first-order chi connectivity index (χ1) is 28.1. The Bertz CT molecular complexity index is 3090. The number of para-hydroxylation sites is 2. The Morgan fingerprint density at radius 1 is 0.431 bits per heavy atom. The fourth-order valence-corrected chi connectivity index (χ4v) is 8.34. The van der Waals surface area contributed by atoms with Gasteiger partial charge in [0.1, 0.15) is 10.0 Å². The fraction of sp³-hybridized carbons (Fsp3) is 0. The average Bonchev–Trinajstić information content (AvgIpc) is 3.89. The minimum absolute atomic E-state index is 0.0589. The van der Waals surface area contributed by atoms with Crippen LogP contribution < -0.4 is 4.90 Å². The highest BCUT2D eigenvalue weighted by atomic mass is 32.1. The van der Waals surface area contributed by atoms with Crippen molar-refractivity contribution in [3.05, 3.63) is 176 Å². The Balaban J connectivity index is 1.06. The smallest absolute Gasteiger partial charge is 0.124 e. The molecule has 0 saturated carbocycles. The predicted octanol–water partition coefficient (Wildman–Crippen LogP) is 13.7. The normalized spacial score (nSPS) is 13.5. The zero-order chi connectivity index (χ0) is 39.8. The van der Waals surface area contributed by atoms with Crippen LogP contribution in [0.4, 0.5) is 17.1 Å². The topological polar surface area (TPSA) is 29.0 Å². The van der Waals surface area contributed by atoms with Crippen LogP contribution in [0.5, 0.6) is 0 Å². The monoisotopic (exact) mass is 694 g/mol. The van der Waals surface area contributed by atoms with Crippen molar-refractivity contribution in [3.8, 4) is 32.3 Å². The summed E-state index contributed by atoms with van der Waals surface area (Å²) in [4.78, 5) is 11.9. The number of rotatable bonds is 6. The van der Waals surface area contributed by atoms with Gasteiger partial charge in [-0.2, -0.15) is 0 Å². The van der Waals surface area contributed by atoms with Crippen LogP contribution in [0.2, 0.25) is 0 Å². The minimum Gasteiger partial charge on any atom is -0.310 e. The molecule has 5 heteroatoms. The van der Waals surface area contributed by atoms with Crippen molar-refractivity contribution < 1.29 is 9.60 Å². The molecule has 0 saturated heterocycles. The Kier molecular flexibility index (Phi) is 5.63. The number of nitrogens with zero attached hydrogens (tertiary/aromatic N) is 3. The molecule has 2 heterocycles. The molecule has 0 radical (unpaired) electrons. The zero-order valence-electron chi connectivity index (χ0n) is 33.9. The minimum atomic E-state index is -0.485. The van der Waals surface area contributed by atoms with Crippen LogP contribution in [-0.4, -0.2) is 9.97 Å². The van der Waals surface area contributed by atoms with Gasteiger partial charge < -0.3 is 4.90 Å². The highest BCUT2D eigenvalue weighted by Gasteiger charge is 2.16. The number of hydrogen-bond acceptors (Lipinski definition) is 5. The molecule has 2 aromatic heterocycles. The van der Waals surface area contributed by atoms with E-state index in [0.717, 1.165) is 69.4 Å². The lowest BCUT2D eigenvalue weighted by atomic mass is 9.98. The van der Waals surface area contributed by atoms with Crippen molar-refractivity contribution in [2.75, 3.05) is 4.90 Å². The van der Waals surface area contributed by atoms with Gasteiger partial charge in [0.15, 0.2) is 0 Å². The summed E-state index contributed by atoms with van der Waals surface area (Å²) in [5.74, 6) is 0. The Hall–Kier alpha value is -6.14. The second-order valence-corrected chi connectivity index (χ2v) is 14.2. The first-order valence-electron chi connectivity index (χ1n) is 19.9. The van der Waals surface area contributed by atoms with Gasteiger partial charge in [0, 0.05) is 28.2 Å². The summed E-state index contributed by atoms with van der Waals surface area (Å²) in [7, 11) is 0. The van der Waals surface area contributed by atoms with Crippen molar-refractivity contribution in [2.24, 2.45) is 0 Å². The van der Waals surface area contributed by atoms with Gasteiger partial charge in [-0.05, 0) is 130 Å². The molecule has 0 bridgehead atoms. The number of benzene rings is 8. The van der Waals surface area contributed by atoms with Crippen molar-refractivity contribution in [3.63, 3.8) is 0 Å². The summed E-state index contributed by atoms with van der Waals surface area (Å²) in [6.45, 7) is 0. The first kappa shape index (κ1) is 23.3. The first-order valence-corrected chi connectivity index (χ1v) is 18.0. The van der Waals surface area contributed by atoms with E-state index in [1.54, 1.807) is 28.7 Å². The van der Waals surface area contributed by atoms with Gasteiger partial charge in [0.05, 0.1) is 30.0 Å². The van der Waals surface area contributed by atoms with Gasteiger partial charge in [-0.15, -0.1) is 22.7 Å². The van der Waals surface area contributed by atoms with Crippen molar-refractivity contribution in [2.45, 2.75) is 0 Å². The molecule has 0 N–H and O–H groups in total. The van der Waals surface area contributed by atoms with E-state index < -0.39 is 18.1 Å². The Morgan fingerprint density at radius 3 is 1.59 bits per heavy atom. The maximum Gasteiger partial charge on any atom is 0.124 e. The molecule has 0 fully saturated rings. The molecular formula is C46H29N3S2. The Labute approximate surface area is 313 Å². The maximum atomic E-state index is 9.04. The lowest BCUT2D eigenvalue weighted by molar-refractivity contribution is 1.29. The third kappa shape index (κ3) is 5.53. The molecule has 3 nitrogen and oxygen atoms in total. The molecule has 0 aliphatic rings. The third-order valence-electron chi connectivity index (χ3n) is 8.95. The maximum absolute atomic E-state index is 9.04. The van der Waals surface area contributed by atoms with Gasteiger partial charge in [0.25, 0.3) is 0 Å². The molecule has 240 valence electrons. The molecular weight excluding hydrogens is 659 g/mol. The quantitative estimate of drug-likeness (QED) is 0.173. The van der Waals surface area contributed by atoms with E-state index in [4.69, 9.17) is 19.6 Å². The highest BCUT2D eigenvalue weighted by Crippen LogP contribution is 2.40. The van der Waals surface area contributed by atoms with Crippen molar-refractivity contribution in [1.82, 2.24) is 9.97 Å². The van der Waals surface area contributed by atoms with Crippen LogP contribution in [-0.2, 0) is 0 Å². The number of anilines is 3. The average molecular weight is 695 g/mol. The van der Waals surface area contributed by atoms with Crippen molar-refractivity contribution >= 4 is 81.7 Å². The standard InChI is InChI=1S/C46H29N3S2/c1-2-8-33-27-34(14-13-30(33)7-1)35-15-16-37-29-40(26-21-36(37)28-35)49(38-22-17-31(18-23-38)45-47-41-9-3-5-11-43(41)50-45)39-24-19-32(20-25-39)46-48-42-10-4-6-12-44(42)51-46/h1-29H/i1D,2D,7D,8D,13D,14D,27D. The lowest BCUT2D eigenvalue weighted by Gasteiger charge is -2.26. The van der Waals surface area contributed by atoms with Gasteiger partial charge in [-0.1, -0.05) is 78.7 Å². The molecule has 0 aliphatic heterocycles. The highest BCUT2D eigenvalue weighted by molar-refractivity contribution is 7.22. The van der Waals surface area contributed by atoms with Crippen LogP contribution >= 0.6 is 22.7 Å². The molecule has 0 spiro atoms. The summed E-state index contributed by atoms with van der Waals surface area (Å²) < 4.78 is 62.1. The summed E-state index contributed by atoms with van der Waals surface area (Å²) in [6.07, 6.45) is 0. The largest absolute Gasteiger partial charge is 0.310 e. The third-order valence-corrected chi connectivity index (χ3v) is 11.1. The lowest BCUT2D eigenvalue weighted by Crippen LogP contribution is -2.09. The molecule has 0 unspecified atom stereocenters. The zero-order valence-corrected chi connectivity index (χ0v) is 28.5. The summed E-state index contributed by atoms with van der Waals surface area (Å²) in [5.41, 5.74) is 7.51. The number of thiazole rings is 2. The van der Waals surface area contributed by atoms with Gasteiger partial charge in [0.2, 0.25) is 0 Å². The number of hydrogen-bond donors (Lipinski definition) is 0. The molecule has 10 aromatic rings. The second-order valence-electron chi connectivity index (χ2n) is 12.1.